The van der Waals surface area contributed by atoms with Gasteiger partial charge in [0.15, 0.2) is 0 Å². The molecule has 1 aliphatic rings. The first kappa shape index (κ1) is 26.3. The number of carboxylic acids is 1. The van der Waals surface area contributed by atoms with Crippen LogP contribution in [0.25, 0.3) is 0 Å². The molecule has 4 amide bonds. The molecule has 0 saturated carbocycles. The van der Waals surface area contributed by atoms with Crippen LogP contribution in [0.15, 0.2) is 0 Å². The summed E-state index contributed by atoms with van der Waals surface area (Å²) in [6.45, 7) is 5.18. The van der Waals surface area contributed by atoms with Crippen molar-refractivity contribution in [2.75, 3.05) is 6.54 Å². The number of nitrogens with two attached hydrogens (primary N) is 2. The lowest BCUT2D eigenvalue weighted by Gasteiger charge is -2.29. The van der Waals surface area contributed by atoms with Gasteiger partial charge in [0.1, 0.15) is 24.2 Å². The number of carbonyl (C=O) groups is 5. The maximum atomic E-state index is 12.8. The number of hydrogen-bond donors (Lipinski definition) is 6. The first-order valence-corrected chi connectivity index (χ1v) is 10.2. The Bertz CT molecular complexity index is 697. The summed E-state index contributed by atoms with van der Waals surface area (Å²) in [5, 5.41) is 23.6. The molecule has 176 valence electrons. The second-order valence-electron chi connectivity index (χ2n) is 8.22. The van der Waals surface area contributed by atoms with E-state index >= 15 is 0 Å². The van der Waals surface area contributed by atoms with E-state index in [1.165, 1.54) is 11.8 Å². The fourth-order valence-corrected chi connectivity index (χ4v) is 3.34. The van der Waals surface area contributed by atoms with Crippen molar-refractivity contribution in [3.05, 3.63) is 0 Å². The monoisotopic (exact) mass is 443 g/mol. The van der Waals surface area contributed by atoms with E-state index in [2.05, 4.69) is 10.6 Å². The van der Waals surface area contributed by atoms with E-state index in [0.29, 0.717) is 12.8 Å². The number of hydrogen-bond acceptors (Lipinski definition) is 7. The van der Waals surface area contributed by atoms with Crippen LogP contribution in [0, 0.1) is 5.92 Å². The number of rotatable bonds is 11. The third-order valence-electron chi connectivity index (χ3n) is 5.00. The first-order chi connectivity index (χ1) is 14.3. The normalized spacial score (nSPS) is 19.9. The average Bonchev–Trinajstić information content (AvgIpc) is 3.14. The predicted molar refractivity (Wildman–Crippen MR) is 109 cm³/mol. The van der Waals surface area contributed by atoms with E-state index in [1.807, 2.05) is 0 Å². The Morgan fingerprint density at radius 3 is 2.19 bits per heavy atom. The van der Waals surface area contributed by atoms with E-state index in [0.717, 1.165) is 0 Å². The molecule has 0 spiro atoms. The smallest absolute Gasteiger partial charge is 0.326 e. The van der Waals surface area contributed by atoms with Gasteiger partial charge < -0.3 is 37.2 Å². The second kappa shape index (κ2) is 11.6. The van der Waals surface area contributed by atoms with E-state index in [1.54, 1.807) is 13.8 Å². The first-order valence-electron chi connectivity index (χ1n) is 10.2. The average molecular weight is 444 g/mol. The van der Waals surface area contributed by atoms with Gasteiger partial charge in [-0.1, -0.05) is 13.8 Å². The third-order valence-corrected chi connectivity index (χ3v) is 5.00. The van der Waals surface area contributed by atoms with Crippen LogP contribution < -0.4 is 22.1 Å². The summed E-state index contributed by atoms with van der Waals surface area (Å²) in [4.78, 5) is 61.9. The minimum Gasteiger partial charge on any atom is -0.480 e. The number of amides is 4. The molecule has 1 aliphatic heterocycles. The number of likely N-dealkylation sites (tertiary alicyclic amines) is 1. The molecule has 0 aromatic rings. The lowest BCUT2D eigenvalue weighted by molar-refractivity contribution is -0.144. The molecule has 0 bridgehead atoms. The Labute approximate surface area is 180 Å². The highest BCUT2D eigenvalue weighted by atomic mass is 16.4. The molecule has 12 heteroatoms. The van der Waals surface area contributed by atoms with Crippen LogP contribution >= 0.6 is 0 Å². The van der Waals surface area contributed by atoms with Crippen molar-refractivity contribution in [3.63, 3.8) is 0 Å². The minimum absolute atomic E-state index is 0.0261. The number of aliphatic hydroxyl groups is 1. The Morgan fingerprint density at radius 1 is 1.10 bits per heavy atom. The Kier molecular flexibility index (Phi) is 9.85. The highest BCUT2D eigenvalue weighted by molar-refractivity contribution is 5.96. The lowest BCUT2D eigenvalue weighted by atomic mass is 10.0. The number of nitrogens with zero attached hydrogens (tertiary/aromatic N) is 1. The molecule has 1 heterocycles. The van der Waals surface area contributed by atoms with Crippen LogP contribution in [0.5, 0.6) is 0 Å². The number of aliphatic carboxylic acids is 1. The molecule has 5 atom stereocenters. The lowest BCUT2D eigenvalue weighted by Crippen LogP contribution is -2.58. The molecule has 1 fully saturated rings. The molecule has 1 saturated heterocycles. The van der Waals surface area contributed by atoms with Crippen molar-refractivity contribution in [2.24, 2.45) is 17.4 Å². The molecule has 8 N–H and O–H groups in total. The van der Waals surface area contributed by atoms with Gasteiger partial charge in [-0.3, -0.25) is 19.2 Å². The van der Waals surface area contributed by atoms with Crippen molar-refractivity contribution in [1.29, 1.82) is 0 Å². The molecule has 0 radical (unpaired) electrons. The molecule has 1 rings (SSSR count). The van der Waals surface area contributed by atoms with Gasteiger partial charge in [0.05, 0.1) is 12.5 Å². The molecule has 0 aromatic carbocycles. The summed E-state index contributed by atoms with van der Waals surface area (Å²) in [5.74, 6) is -4.30. The van der Waals surface area contributed by atoms with Gasteiger partial charge in [-0.2, -0.15) is 0 Å². The van der Waals surface area contributed by atoms with Gasteiger partial charge >= 0.3 is 5.97 Å². The van der Waals surface area contributed by atoms with Crippen LogP contribution in [0.1, 0.15) is 46.5 Å². The summed E-state index contributed by atoms with van der Waals surface area (Å²) >= 11 is 0. The summed E-state index contributed by atoms with van der Waals surface area (Å²) in [6.07, 6.45) is -0.683. The maximum absolute atomic E-state index is 12.8. The number of aliphatic hydroxyl groups excluding tert-OH is 1. The SMILES string of the molecule is CC(C)CC(NC(=O)C(CC(N)=O)NC(=O)C1CCCN1C(=O)C(N)C(C)O)C(=O)O. The van der Waals surface area contributed by atoms with Crippen LogP contribution in [0.2, 0.25) is 0 Å². The molecule has 0 aliphatic carbocycles. The third kappa shape index (κ3) is 7.79. The van der Waals surface area contributed by atoms with Crippen molar-refractivity contribution in [3.8, 4) is 0 Å². The molecule has 31 heavy (non-hydrogen) atoms. The van der Waals surface area contributed by atoms with Gasteiger partial charge in [-0.05, 0) is 32.1 Å². The second-order valence-corrected chi connectivity index (χ2v) is 8.22. The molecular weight excluding hydrogens is 410 g/mol. The maximum Gasteiger partial charge on any atom is 0.326 e. The molecule has 12 nitrogen and oxygen atoms in total. The summed E-state index contributed by atoms with van der Waals surface area (Å²) in [7, 11) is 0. The zero-order valence-corrected chi connectivity index (χ0v) is 18.0. The van der Waals surface area contributed by atoms with Gasteiger partial charge in [0, 0.05) is 6.54 Å². The van der Waals surface area contributed by atoms with Gasteiger partial charge in [-0.15, -0.1) is 0 Å². The predicted octanol–water partition coefficient (Wildman–Crippen LogP) is -2.34. The highest BCUT2D eigenvalue weighted by Gasteiger charge is 2.39. The van der Waals surface area contributed by atoms with Crippen molar-refractivity contribution >= 4 is 29.6 Å². The summed E-state index contributed by atoms with van der Waals surface area (Å²) in [6, 6.07) is -4.74. The van der Waals surface area contributed by atoms with E-state index < -0.39 is 66.3 Å². The quantitative estimate of drug-likeness (QED) is 0.203. The Balaban J connectivity index is 2.94. The van der Waals surface area contributed by atoms with Gasteiger partial charge in [-0.25, -0.2) is 4.79 Å². The fraction of sp³-hybridized carbons (Fsp3) is 0.737. The molecule has 5 unspecified atom stereocenters. The van der Waals surface area contributed by atoms with Crippen molar-refractivity contribution < 1.29 is 34.2 Å². The van der Waals surface area contributed by atoms with E-state index in [4.69, 9.17) is 11.5 Å². The zero-order valence-electron chi connectivity index (χ0n) is 18.0. The van der Waals surface area contributed by atoms with Crippen LogP contribution in [-0.2, 0) is 24.0 Å². The Morgan fingerprint density at radius 2 is 1.71 bits per heavy atom. The number of nitrogens with one attached hydrogen (secondary N) is 2. The van der Waals surface area contributed by atoms with E-state index in [9.17, 15) is 34.2 Å². The minimum atomic E-state index is -1.40. The van der Waals surface area contributed by atoms with Gasteiger partial charge in [0.2, 0.25) is 23.6 Å². The Hall–Kier alpha value is -2.73. The standard InChI is InChI=1S/C19H33N5O7/c1-9(2)7-12(19(30)31)23-16(27)11(8-14(20)26)22-17(28)13-5-4-6-24(13)18(29)15(21)10(3)25/h9-13,15,25H,4-8,21H2,1-3H3,(H2,20,26)(H,22,28)(H,23,27)(H,30,31). The largest absolute Gasteiger partial charge is 0.480 e. The van der Waals surface area contributed by atoms with Crippen molar-refractivity contribution in [2.45, 2.75) is 76.7 Å². The van der Waals surface area contributed by atoms with Crippen LogP contribution in [0.4, 0.5) is 0 Å². The zero-order chi connectivity index (χ0) is 23.9. The highest BCUT2D eigenvalue weighted by Crippen LogP contribution is 2.19. The fourth-order valence-electron chi connectivity index (χ4n) is 3.34. The number of primary amides is 1. The van der Waals surface area contributed by atoms with E-state index in [-0.39, 0.29) is 18.9 Å². The van der Waals surface area contributed by atoms with Crippen LogP contribution in [0.3, 0.4) is 0 Å². The summed E-state index contributed by atoms with van der Waals surface area (Å²) in [5.41, 5.74) is 10.9. The van der Waals surface area contributed by atoms with Gasteiger partial charge in [0.25, 0.3) is 0 Å². The number of carbonyl (C=O) groups excluding carboxylic acids is 4. The topological polar surface area (TPSA) is 205 Å². The number of carboxylic acid groups (broad SMARTS) is 1. The molecule has 0 aromatic heterocycles. The van der Waals surface area contributed by atoms with Crippen molar-refractivity contribution in [1.82, 2.24) is 15.5 Å². The van der Waals surface area contributed by atoms with Crippen LogP contribution in [-0.4, -0.2) is 81.5 Å². The summed E-state index contributed by atoms with van der Waals surface area (Å²) < 4.78 is 0. The molecular formula is C19H33N5O7.